The van der Waals surface area contributed by atoms with Gasteiger partial charge in [0, 0.05) is 23.2 Å². The third-order valence-corrected chi connectivity index (χ3v) is 3.87. The van der Waals surface area contributed by atoms with Gasteiger partial charge in [-0.05, 0) is 18.2 Å². The van der Waals surface area contributed by atoms with E-state index < -0.39 is 9.70 Å². The van der Waals surface area contributed by atoms with E-state index >= 15 is 0 Å². The topological polar surface area (TPSA) is 37.4 Å². The average Bonchev–Trinajstić information content (AvgIpc) is 2.52. The smallest absolute Gasteiger partial charge is 0.278 e. The SMILES string of the molecule is CN(C(=O)C(Cl)(Cl)Cl)c1ccc(Cl)cc1C(=O)c1ccccc1. The van der Waals surface area contributed by atoms with Crippen LogP contribution in [0.3, 0.4) is 0 Å². The molecule has 0 saturated carbocycles. The Bertz CT molecular complexity index is 741. The van der Waals surface area contributed by atoms with Crippen molar-refractivity contribution < 1.29 is 9.59 Å². The van der Waals surface area contributed by atoms with E-state index in [0.29, 0.717) is 16.3 Å². The Hall–Kier alpha value is -1.26. The molecule has 0 unspecified atom stereocenters. The molecular weight excluding hydrogens is 380 g/mol. The van der Waals surface area contributed by atoms with E-state index in [1.54, 1.807) is 36.4 Å². The molecule has 0 aliphatic carbocycles. The summed E-state index contributed by atoms with van der Waals surface area (Å²) in [6, 6.07) is 13.2. The van der Waals surface area contributed by atoms with Crippen molar-refractivity contribution in [2.75, 3.05) is 11.9 Å². The van der Waals surface area contributed by atoms with Gasteiger partial charge >= 0.3 is 0 Å². The van der Waals surface area contributed by atoms with Crippen LogP contribution in [0.25, 0.3) is 0 Å². The lowest BCUT2D eigenvalue weighted by Crippen LogP contribution is -2.37. The maximum Gasteiger partial charge on any atom is 0.278 e. The van der Waals surface area contributed by atoms with Crippen LogP contribution >= 0.6 is 46.4 Å². The molecule has 0 saturated heterocycles. The molecule has 2 aromatic carbocycles. The molecule has 0 aromatic heterocycles. The van der Waals surface area contributed by atoms with Crippen molar-refractivity contribution in [3.63, 3.8) is 0 Å². The van der Waals surface area contributed by atoms with Gasteiger partial charge in [-0.25, -0.2) is 0 Å². The molecular formula is C16H11Cl4NO2. The maximum absolute atomic E-state index is 12.7. The van der Waals surface area contributed by atoms with Gasteiger partial charge in [-0.2, -0.15) is 0 Å². The van der Waals surface area contributed by atoms with Crippen LogP contribution in [0, 0.1) is 0 Å². The Morgan fingerprint density at radius 2 is 1.61 bits per heavy atom. The highest BCUT2D eigenvalue weighted by molar-refractivity contribution is 6.77. The minimum Gasteiger partial charge on any atom is -0.311 e. The first-order chi connectivity index (χ1) is 10.7. The van der Waals surface area contributed by atoms with Gasteiger partial charge in [0.2, 0.25) is 0 Å². The third kappa shape index (κ3) is 4.18. The Morgan fingerprint density at radius 3 is 2.17 bits per heavy atom. The zero-order chi connectivity index (χ0) is 17.2. The minimum atomic E-state index is -2.12. The molecule has 120 valence electrons. The zero-order valence-corrected chi connectivity index (χ0v) is 14.9. The van der Waals surface area contributed by atoms with Crippen LogP contribution in [-0.2, 0) is 4.79 Å². The lowest BCUT2D eigenvalue weighted by molar-refractivity contribution is -0.117. The summed E-state index contributed by atoms with van der Waals surface area (Å²) in [5.74, 6) is -1.06. The molecule has 0 N–H and O–H groups in total. The zero-order valence-electron chi connectivity index (χ0n) is 11.9. The molecule has 0 atom stereocenters. The Balaban J connectivity index is 2.50. The van der Waals surface area contributed by atoms with Crippen molar-refractivity contribution in [1.29, 1.82) is 0 Å². The molecule has 0 aliphatic heterocycles. The van der Waals surface area contributed by atoms with Gasteiger partial charge in [-0.15, -0.1) is 0 Å². The molecule has 3 nitrogen and oxygen atoms in total. The van der Waals surface area contributed by atoms with Crippen LogP contribution < -0.4 is 4.90 Å². The number of hydrogen-bond acceptors (Lipinski definition) is 2. The first kappa shape index (κ1) is 18.1. The monoisotopic (exact) mass is 389 g/mol. The summed E-state index contributed by atoms with van der Waals surface area (Å²) in [6.45, 7) is 0. The van der Waals surface area contributed by atoms with Gasteiger partial charge < -0.3 is 4.90 Å². The van der Waals surface area contributed by atoms with Crippen molar-refractivity contribution >= 4 is 63.8 Å². The largest absolute Gasteiger partial charge is 0.311 e. The van der Waals surface area contributed by atoms with Crippen LogP contribution in [0.15, 0.2) is 48.5 Å². The number of hydrogen-bond donors (Lipinski definition) is 0. The fourth-order valence-corrected chi connectivity index (χ4v) is 2.58. The number of amides is 1. The highest BCUT2D eigenvalue weighted by atomic mass is 35.6. The Labute approximate surface area is 153 Å². The summed E-state index contributed by atoms with van der Waals surface area (Å²) < 4.78 is -2.12. The van der Waals surface area contributed by atoms with Crippen LogP contribution in [0.1, 0.15) is 15.9 Å². The van der Waals surface area contributed by atoms with Crippen LogP contribution in [0.4, 0.5) is 5.69 Å². The summed E-state index contributed by atoms with van der Waals surface area (Å²) in [4.78, 5) is 26.0. The van der Waals surface area contributed by atoms with E-state index in [9.17, 15) is 9.59 Å². The number of nitrogens with zero attached hydrogens (tertiary/aromatic N) is 1. The average molecular weight is 391 g/mol. The van der Waals surface area contributed by atoms with E-state index in [1.165, 1.54) is 19.2 Å². The number of alkyl halides is 3. The van der Waals surface area contributed by atoms with E-state index in [4.69, 9.17) is 46.4 Å². The van der Waals surface area contributed by atoms with Gasteiger partial charge in [0.25, 0.3) is 9.70 Å². The lowest BCUT2D eigenvalue weighted by Gasteiger charge is -2.23. The minimum absolute atomic E-state index is 0.244. The number of ketones is 1. The highest BCUT2D eigenvalue weighted by Crippen LogP contribution is 2.33. The van der Waals surface area contributed by atoms with E-state index in [0.717, 1.165) is 4.90 Å². The van der Waals surface area contributed by atoms with Crippen molar-refractivity contribution in [2.24, 2.45) is 0 Å². The first-order valence-corrected chi connectivity index (χ1v) is 7.97. The van der Waals surface area contributed by atoms with Crippen LogP contribution in [0.5, 0.6) is 0 Å². The van der Waals surface area contributed by atoms with Gasteiger partial charge in [0.15, 0.2) is 5.78 Å². The lowest BCUT2D eigenvalue weighted by atomic mass is 10.0. The van der Waals surface area contributed by atoms with Gasteiger partial charge in [-0.3, -0.25) is 9.59 Å². The van der Waals surface area contributed by atoms with Gasteiger partial charge in [0.1, 0.15) is 0 Å². The molecule has 0 heterocycles. The second kappa shape index (κ2) is 7.10. The van der Waals surface area contributed by atoms with E-state index in [2.05, 4.69) is 0 Å². The number of carbonyl (C=O) groups excluding carboxylic acids is 2. The number of carbonyl (C=O) groups is 2. The molecule has 0 fully saturated rings. The highest BCUT2D eigenvalue weighted by Gasteiger charge is 2.35. The Morgan fingerprint density at radius 1 is 1.00 bits per heavy atom. The summed E-state index contributed by atoms with van der Waals surface area (Å²) in [5.41, 5.74) is 1.01. The summed E-state index contributed by atoms with van der Waals surface area (Å²) in [5, 5.41) is 0.364. The fraction of sp³-hybridized carbons (Fsp3) is 0.125. The molecule has 0 spiro atoms. The van der Waals surface area contributed by atoms with Crippen LogP contribution in [0.2, 0.25) is 5.02 Å². The summed E-state index contributed by atoms with van der Waals surface area (Å²) in [6.07, 6.45) is 0. The fourth-order valence-electron chi connectivity index (χ4n) is 2.03. The molecule has 0 radical (unpaired) electrons. The number of benzene rings is 2. The van der Waals surface area contributed by atoms with Crippen molar-refractivity contribution in [2.45, 2.75) is 3.79 Å². The first-order valence-electron chi connectivity index (χ1n) is 6.46. The van der Waals surface area contributed by atoms with Gasteiger partial charge in [-0.1, -0.05) is 76.7 Å². The third-order valence-electron chi connectivity index (χ3n) is 3.15. The molecule has 0 aliphatic rings. The summed E-state index contributed by atoms with van der Waals surface area (Å²) in [7, 11) is 1.43. The molecule has 7 heteroatoms. The predicted molar refractivity (Wildman–Crippen MR) is 95.0 cm³/mol. The predicted octanol–water partition coefficient (Wildman–Crippen LogP) is 4.90. The number of anilines is 1. The van der Waals surface area contributed by atoms with Crippen molar-refractivity contribution in [1.82, 2.24) is 0 Å². The second-order valence-electron chi connectivity index (χ2n) is 4.72. The second-order valence-corrected chi connectivity index (χ2v) is 7.44. The van der Waals surface area contributed by atoms with E-state index in [1.807, 2.05) is 0 Å². The number of halogens is 4. The Kier molecular flexibility index (Phi) is 5.58. The maximum atomic E-state index is 12.7. The van der Waals surface area contributed by atoms with E-state index in [-0.39, 0.29) is 11.3 Å². The number of rotatable bonds is 3. The molecule has 0 bridgehead atoms. The molecule has 23 heavy (non-hydrogen) atoms. The summed E-state index contributed by atoms with van der Waals surface area (Å²) >= 11 is 22.9. The quantitative estimate of drug-likeness (QED) is 0.551. The standard InChI is InChI=1S/C16H11Cl4NO2/c1-21(15(23)16(18,19)20)13-8-7-11(17)9-12(13)14(22)10-5-3-2-4-6-10/h2-9H,1H3. The molecule has 2 rings (SSSR count). The molecule has 2 aromatic rings. The molecule has 1 amide bonds. The van der Waals surface area contributed by atoms with Gasteiger partial charge in [0.05, 0.1) is 5.69 Å². The van der Waals surface area contributed by atoms with Crippen molar-refractivity contribution in [3.05, 3.63) is 64.7 Å². The normalized spacial score (nSPS) is 11.2. The van der Waals surface area contributed by atoms with Crippen LogP contribution in [-0.4, -0.2) is 22.5 Å². The van der Waals surface area contributed by atoms with Crippen molar-refractivity contribution in [3.8, 4) is 0 Å².